The largest absolute Gasteiger partial charge is 0.325 e. The van der Waals surface area contributed by atoms with Crippen LogP contribution in [0.25, 0.3) is 10.4 Å². The van der Waals surface area contributed by atoms with Crippen molar-refractivity contribution in [1.29, 1.82) is 0 Å². The SMILES string of the molecule is [N-]=[N+]=NCC#Cc1ccc2c(c1)NC(=O)C2. The van der Waals surface area contributed by atoms with Crippen molar-refractivity contribution in [1.82, 2.24) is 0 Å². The maximum Gasteiger partial charge on any atom is 0.228 e. The summed E-state index contributed by atoms with van der Waals surface area (Å²) in [4.78, 5) is 13.7. The zero-order valence-electron chi connectivity index (χ0n) is 8.40. The van der Waals surface area contributed by atoms with Crippen molar-refractivity contribution in [2.24, 2.45) is 5.11 Å². The van der Waals surface area contributed by atoms with Crippen LogP contribution in [-0.2, 0) is 11.2 Å². The van der Waals surface area contributed by atoms with Gasteiger partial charge in [0.15, 0.2) is 0 Å². The number of hydrogen-bond donors (Lipinski definition) is 1. The van der Waals surface area contributed by atoms with E-state index in [1.165, 1.54) is 0 Å². The summed E-state index contributed by atoms with van der Waals surface area (Å²) in [5, 5.41) is 6.06. The Morgan fingerprint density at radius 3 is 3.25 bits per heavy atom. The smallest absolute Gasteiger partial charge is 0.228 e. The Hall–Kier alpha value is -2.44. The highest BCUT2D eigenvalue weighted by atomic mass is 16.1. The number of hydrogen-bond acceptors (Lipinski definition) is 2. The van der Waals surface area contributed by atoms with Gasteiger partial charge in [-0.2, -0.15) is 0 Å². The minimum atomic E-state index is 0.00851. The van der Waals surface area contributed by atoms with E-state index in [0.717, 1.165) is 16.8 Å². The number of anilines is 1. The summed E-state index contributed by atoms with van der Waals surface area (Å²) in [5.41, 5.74) is 10.7. The number of nitrogens with zero attached hydrogens (tertiary/aromatic N) is 3. The number of fused-ring (bicyclic) bond motifs is 1. The summed E-state index contributed by atoms with van der Waals surface area (Å²) >= 11 is 0. The molecule has 0 saturated heterocycles. The molecule has 1 amide bonds. The molecular weight excluding hydrogens is 204 g/mol. The molecular formula is C11H8N4O. The molecule has 1 aromatic carbocycles. The van der Waals surface area contributed by atoms with Crippen molar-refractivity contribution >= 4 is 11.6 Å². The molecule has 0 aliphatic carbocycles. The number of carbonyl (C=O) groups is 1. The number of amides is 1. The molecule has 0 fully saturated rings. The number of nitrogens with one attached hydrogen (secondary N) is 1. The zero-order chi connectivity index (χ0) is 11.4. The average molecular weight is 212 g/mol. The van der Waals surface area contributed by atoms with Gasteiger partial charge in [-0.05, 0) is 23.2 Å². The molecule has 2 rings (SSSR count). The third-order valence-corrected chi connectivity index (χ3v) is 2.18. The Balaban J connectivity index is 2.18. The van der Waals surface area contributed by atoms with Crippen LogP contribution in [0.3, 0.4) is 0 Å². The minimum Gasteiger partial charge on any atom is -0.325 e. The first-order chi connectivity index (χ1) is 7.79. The summed E-state index contributed by atoms with van der Waals surface area (Å²) in [6.45, 7) is 0.153. The lowest BCUT2D eigenvalue weighted by molar-refractivity contribution is -0.115. The van der Waals surface area contributed by atoms with E-state index in [1.54, 1.807) is 0 Å². The Morgan fingerprint density at radius 2 is 2.44 bits per heavy atom. The first kappa shape index (κ1) is 10.1. The molecule has 1 aliphatic rings. The molecule has 0 unspecified atom stereocenters. The van der Waals surface area contributed by atoms with Crippen LogP contribution < -0.4 is 5.32 Å². The van der Waals surface area contributed by atoms with Gasteiger partial charge < -0.3 is 5.32 Å². The zero-order valence-corrected chi connectivity index (χ0v) is 8.40. The molecule has 0 spiro atoms. The fourth-order valence-electron chi connectivity index (χ4n) is 1.50. The van der Waals surface area contributed by atoms with E-state index in [1.807, 2.05) is 18.2 Å². The van der Waals surface area contributed by atoms with Gasteiger partial charge in [-0.15, -0.1) is 0 Å². The van der Waals surface area contributed by atoms with Gasteiger partial charge >= 0.3 is 0 Å². The Bertz CT molecular complexity index is 547. The highest BCUT2D eigenvalue weighted by Gasteiger charge is 2.16. The van der Waals surface area contributed by atoms with Crippen molar-refractivity contribution < 1.29 is 4.79 Å². The van der Waals surface area contributed by atoms with Crippen LogP contribution in [0.5, 0.6) is 0 Å². The summed E-state index contributed by atoms with van der Waals surface area (Å²) in [6, 6.07) is 5.55. The summed E-state index contributed by atoms with van der Waals surface area (Å²) < 4.78 is 0. The van der Waals surface area contributed by atoms with Crippen LogP contribution in [-0.4, -0.2) is 12.5 Å². The number of benzene rings is 1. The van der Waals surface area contributed by atoms with Crippen LogP contribution in [0.4, 0.5) is 5.69 Å². The van der Waals surface area contributed by atoms with Gasteiger partial charge in [0.2, 0.25) is 5.91 Å². The Kier molecular flexibility index (Phi) is 2.77. The van der Waals surface area contributed by atoms with Gasteiger partial charge in [-0.25, -0.2) is 0 Å². The van der Waals surface area contributed by atoms with E-state index < -0.39 is 0 Å². The highest BCUT2D eigenvalue weighted by Crippen LogP contribution is 2.23. The maximum absolute atomic E-state index is 11.1. The topological polar surface area (TPSA) is 77.9 Å². The third-order valence-electron chi connectivity index (χ3n) is 2.18. The highest BCUT2D eigenvalue weighted by molar-refractivity contribution is 5.99. The predicted molar refractivity (Wildman–Crippen MR) is 59.7 cm³/mol. The number of carbonyl (C=O) groups excluding carboxylic acids is 1. The van der Waals surface area contributed by atoms with E-state index in [4.69, 9.17) is 5.53 Å². The lowest BCUT2D eigenvalue weighted by Gasteiger charge is -1.97. The van der Waals surface area contributed by atoms with Crippen LogP contribution in [0.2, 0.25) is 0 Å². The lowest BCUT2D eigenvalue weighted by Crippen LogP contribution is -2.03. The number of azide groups is 1. The molecule has 1 N–H and O–H groups in total. The molecule has 16 heavy (non-hydrogen) atoms. The van der Waals surface area contributed by atoms with Gasteiger partial charge in [0, 0.05) is 16.2 Å². The van der Waals surface area contributed by atoms with Crippen LogP contribution in [0.1, 0.15) is 11.1 Å². The monoisotopic (exact) mass is 212 g/mol. The fraction of sp³-hybridized carbons (Fsp3) is 0.182. The van der Waals surface area contributed by atoms with E-state index in [-0.39, 0.29) is 12.5 Å². The molecule has 5 nitrogen and oxygen atoms in total. The Labute approximate surface area is 92.1 Å². The summed E-state index contributed by atoms with van der Waals surface area (Å²) in [5.74, 6) is 5.59. The number of rotatable bonds is 1. The van der Waals surface area contributed by atoms with Crippen LogP contribution in [0, 0.1) is 11.8 Å². The molecule has 0 saturated carbocycles. The quantitative estimate of drug-likeness (QED) is 0.328. The van der Waals surface area contributed by atoms with Crippen molar-refractivity contribution in [3.05, 3.63) is 39.8 Å². The first-order valence-corrected chi connectivity index (χ1v) is 4.72. The summed E-state index contributed by atoms with van der Waals surface area (Å²) in [7, 11) is 0. The molecule has 1 heterocycles. The van der Waals surface area contributed by atoms with E-state index in [9.17, 15) is 4.79 Å². The molecule has 0 atom stereocenters. The van der Waals surface area contributed by atoms with E-state index in [0.29, 0.717) is 6.42 Å². The van der Waals surface area contributed by atoms with Gasteiger partial charge in [-0.1, -0.05) is 23.0 Å². The van der Waals surface area contributed by atoms with Gasteiger partial charge in [0.25, 0.3) is 0 Å². The van der Waals surface area contributed by atoms with Crippen molar-refractivity contribution in [2.75, 3.05) is 11.9 Å². The third kappa shape index (κ3) is 2.14. The van der Waals surface area contributed by atoms with Crippen LogP contribution >= 0.6 is 0 Å². The second-order valence-corrected chi connectivity index (χ2v) is 3.29. The molecule has 1 aromatic rings. The Morgan fingerprint density at radius 1 is 1.56 bits per heavy atom. The minimum absolute atomic E-state index is 0.00851. The fourth-order valence-corrected chi connectivity index (χ4v) is 1.50. The van der Waals surface area contributed by atoms with Gasteiger partial charge in [-0.3, -0.25) is 4.79 Å². The normalized spacial score (nSPS) is 11.9. The standard InChI is InChI=1S/C11H8N4O/c12-15-13-5-1-2-8-3-4-9-7-11(16)14-10(9)6-8/h3-4,6H,5,7H2,(H,14,16). The van der Waals surface area contributed by atoms with E-state index >= 15 is 0 Å². The first-order valence-electron chi connectivity index (χ1n) is 4.72. The van der Waals surface area contributed by atoms with Gasteiger partial charge in [0.05, 0.1) is 13.0 Å². The second-order valence-electron chi connectivity index (χ2n) is 3.29. The maximum atomic E-state index is 11.1. The molecule has 1 aliphatic heterocycles. The molecule has 0 radical (unpaired) electrons. The van der Waals surface area contributed by atoms with Crippen molar-refractivity contribution in [3.63, 3.8) is 0 Å². The lowest BCUT2D eigenvalue weighted by atomic mass is 10.1. The van der Waals surface area contributed by atoms with Gasteiger partial charge in [0.1, 0.15) is 0 Å². The molecule has 0 bridgehead atoms. The summed E-state index contributed by atoms with van der Waals surface area (Å²) in [6.07, 6.45) is 0.432. The van der Waals surface area contributed by atoms with E-state index in [2.05, 4.69) is 27.2 Å². The predicted octanol–water partition coefficient (Wildman–Crippen LogP) is 1.84. The average Bonchev–Trinajstić information content (AvgIpc) is 2.64. The van der Waals surface area contributed by atoms with Crippen molar-refractivity contribution in [3.8, 4) is 11.8 Å². The van der Waals surface area contributed by atoms with Crippen LogP contribution in [0.15, 0.2) is 23.3 Å². The van der Waals surface area contributed by atoms with Crippen molar-refractivity contribution in [2.45, 2.75) is 6.42 Å². The molecule has 78 valence electrons. The second kappa shape index (κ2) is 4.39. The molecule has 5 heteroatoms. The molecule has 0 aromatic heterocycles.